The van der Waals surface area contributed by atoms with Crippen molar-refractivity contribution in [3.05, 3.63) is 29.5 Å². The van der Waals surface area contributed by atoms with E-state index in [0.29, 0.717) is 30.2 Å². The van der Waals surface area contributed by atoms with Crippen molar-refractivity contribution in [3.8, 4) is 11.5 Å². The van der Waals surface area contributed by atoms with Crippen LogP contribution in [-0.2, 0) is 11.2 Å². The Kier molecular flexibility index (Phi) is 7.03. The molecule has 0 saturated heterocycles. The molecule has 0 aliphatic carbocycles. The van der Waals surface area contributed by atoms with Crippen molar-refractivity contribution < 1.29 is 19.0 Å². The lowest BCUT2D eigenvalue weighted by atomic mass is 10.0. The summed E-state index contributed by atoms with van der Waals surface area (Å²) in [6.45, 7) is 4.30. The van der Waals surface area contributed by atoms with Gasteiger partial charge in [-0.05, 0) is 37.1 Å². The number of ether oxygens (including phenoxy) is 3. The molecule has 1 aliphatic heterocycles. The van der Waals surface area contributed by atoms with E-state index in [1.807, 2.05) is 19.1 Å². The van der Waals surface area contributed by atoms with Gasteiger partial charge in [0.05, 0.1) is 20.8 Å². The van der Waals surface area contributed by atoms with Gasteiger partial charge in [0.1, 0.15) is 17.2 Å². The normalized spacial score (nSPS) is 16.0. The van der Waals surface area contributed by atoms with Crippen LogP contribution in [0.4, 0.5) is 10.5 Å². The van der Waals surface area contributed by atoms with E-state index in [0.717, 1.165) is 11.1 Å². The molecule has 0 radical (unpaired) electrons. The summed E-state index contributed by atoms with van der Waals surface area (Å²) in [4.78, 5) is 17.9. The Labute approximate surface area is 159 Å². The number of benzene rings is 1. The van der Waals surface area contributed by atoms with Crippen LogP contribution in [0.2, 0.25) is 0 Å². The van der Waals surface area contributed by atoms with E-state index in [4.69, 9.17) is 25.8 Å². The second kappa shape index (κ2) is 9.24. The molecule has 9 heteroatoms. The molecule has 2 rings (SSSR count). The second-order valence-electron chi connectivity index (χ2n) is 5.81. The zero-order valence-electron chi connectivity index (χ0n) is 16.1. The van der Waals surface area contributed by atoms with E-state index < -0.39 is 12.4 Å². The number of anilines is 1. The van der Waals surface area contributed by atoms with Crippen LogP contribution in [0.1, 0.15) is 19.4 Å². The molecule has 1 unspecified atom stereocenters. The van der Waals surface area contributed by atoms with E-state index in [-0.39, 0.29) is 6.61 Å². The smallest absolute Gasteiger partial charge is 0.414 e. The van der Waals surface area contributed by atoms with Crippen LogP contribution in [0.3, 0.4) is 0 Å². The van der Waals surface area contributed by atoms with E-state index in [2.05, 4.69) is 4.99 Å². The number of aliphatic imine (C=N–C) groups is 1. The first-order chi connectivity index (χ1) is 12.9. The minimum absolute atomic E-state index is 0.281. The molecule has 27 heavy (non-hydrogen) atoms. The molecule has 1 aromatic rings. The number of carbonyl (C=O) groups is 1. The van der Waals surface area contributed by atoms with Crippen molar-refractivity contribution in [1.29, 1.82) is 0 Å². The van der Waals surface area contributed by atoms with Gasteiger partial charge in [-0.2, -0.15) is 0 Å². The molecule has 0 aromatic heterocycles. The number of hydrogen-bond acceptors (Lipinski definition) is 8. The summed E-state index contributed by atoms with van der Waals surface area (Å²) in [5, 5.41) is 1.34. The Morgan fingerprint density at radius 1 is 1.26 bits per heavy atom. The average molecular weight is 377 g/mol. The zero-order valence-corrected chi connectivity index (χ0v) is 16.1. The quantitative estimate of drug-likeness (QED) is 0.694. The van der Waals surface area contributed by atoms with Gasteiger partial charge in [0.15, 0.2) is 6.29 Å². The van der Waals surface area contributed by atoms with Gasteiger partial charge < -0.3 is 14.2 Å². The second-order valence-corrected chi connectivity index (χ2v) is 5.81. The maximum Gasteiger partial charge on any atom is 0.414 e. The van der Waals surface area contributed by atoms with Crippen molar-refractivity contribution in [1.82, 2.24) is 5.01 Å². The number of nitrogens with two attached hydrogens (primary N) is 2. The number of allylic oxidation sites excluding steroid dienone is 1. The summed E-state index contributed by atoms with van der Waals surface area (Å²) in [7, 11) is 3.09. The van der Waals surface area contributed by atoms with Crippen LogP contribution >= 0.6 is 0 Å². The molecule has 0 bridgehead atoms. The third-order valence-corrected chi connectivity index (χ3v) is 4.04. The van der Waals surface area contributed by atoms with Gasteiger partial charge in [-0.25, -0.2) is 10.6 Å². The number of amides is 1. The van der Waals surface area contributed by atoms with Crippen LogP contribution < -0.4 is 25.9 Å². The maximum atomic E-state index is 12.3. The number of hydrogen-bond donors (Lipinski definition) is 2. The molecule has 4 N–H and O–H groups in total. The highest BCUT2D eigenvalue weighted by atomic mass is 16.6. The fraction of sp³-hybridized carbons (Fsp3) is 0.444. The molecule has 0 saturated carbocycles. The summed E-state index contributed by atoms with van der Waals surface area (Å²) >= 11 is 0. The van der Waals surface area contributed by atoms with Gasteiger partial charge in [0, 0.05) is 25.4 Å². The minimum Gasteiger partial charge on any atom is -0.494 e. The molecule has 1 amide bonds. The lowest BCUT2D eigenvalue weighted by Gasteiger charge is -2.26. The molecule has 1 atom stereocenters. The Balaban J connectivity index is 2.40. The number of carbonyl (C=O) groups excluding carboxylic acids is 1. The van der Waals surface area contributed by atoms with Gasteiger partial charge >= 0.3 is 6.09 Å². The molecule has 0 spiro atoms. The topological polar surface area (TPSA) is 116 Å². The van der Waals surface area contributed by atoms with Crippen LogP contribution in [-0.4, -0.2) is 51.0 Å². The summed E-state index contributed by atoms with van der Waals surface area (Å²) in [6, 6.07) is 3.70. The fourth-order valence-electron chi connectivity index (χ4n) is 2.77. The van der Waals surface area contributed by atoms with Gasteiger partial charge in [-0.15, -0.1) is 0 Å². The maximum absolute atomic E-state index is 12.3. The van der Waals surface area contributed by atoms with E-state index in [1.54, 1.807) is 33.6 Å². The lowest BCUT2D eigenvalue weighted by Crippen LogP contribution is -2.43. The molecule has 1 aliphatic rings. The molecule has 1 aromatic carbocycles. The highest BCUT2D eigenvalue weighted by Crippen LogP contribution is 2.40. The third-order valence-electron chi connectivity index (χ3n) is 4.04. The van der Waals surface area contributed by atoms with Gasteiger partial charge in [-0.1, -0.05) is 0 Å². The highest BCUT2D eigenvalue weighted by molar-refractivity contribution is 5.92. The van der Waals surface area contributed by atoms with Crippen molar-refractivity contribution in [2.75, 3.05) is 32.3 Å². The predicted molar refractivity (Wildman–Crippen MR) is 104 cm³/mol. The summed E-state index contributed by atoms with van der Waals surface area (Å²) < 4.78 is 16.2. The Morgan fingerprint density at radius 3 is 2.37 bits per heavy atom. The minimum atomic E-state index is -0.581. The van der Waals surface area contributed by atoms with Crippen molar-refractivity contribution >= 4 is 18.0 Å². The summed E-state index contributed by atoms with van der Waals surface area (Å²) in [6.07, 6.45) is 2.93. The van der Waals surface area contributed by atoms with Crippen LogP contribution in [0.5, 0.6) is 11.5 Å². The largest absolute Gasteiger partial charge is 0.494 e. The first-order valence-electron chi connectivity index (χ1n) is 8.66. The molecule has 148 valence electrons. The number of rotatable bonds is 7. The number of hydrazine groups is 1. The summed E-state index contributed by atoms with van der Waals surface area (Å²) in [5.41, 5.74) is 8.04. The van der Waals surface area contributed by atoms with Crippen molar-refractivity contribution in [2.24, 2.45) is 16.6 Å². The molecular formula is C18H27N5O4. The molecule has 1 heterocycles. The third kappa shape index (κ3) is 4.69. The van der Waals surface area contributed by atoms with E-state index in [9.17, 15) is 4.79 Å². The standard InChI is InChI=1S/C18H27N5O4/c1-5-22(18(24)27-6-2)16-14(25-3)8-12(9-15(16)26-4)7-13-10-21-17(19)23(20)11-13/h8-11,17H,5-7,19-20H2,1-4H3. The van der Waals surface area contributed by atoms with Crippen molar-refractivity contribution in [3.63, 3.8) is 0 Å². The Hall–Kier alpha value is -2.78. The van der Waals surface area contributed by atoms with Crippen LogP contribution in [0.15, 0.2) is 28.9 Å². The predicted octanol–water partition coefficient (Wildman–Crippen LogP) is 1.62. The van der Waals surface area contributed by atoms with E-state index >= 15 is 0 Å². The zero-order chi connectivity index (χ0) is 20.0. The summed E-state index contributed by atoms with van der Waals surface area (Å²) in [5.74, 6) is 6.81. The van der Waals surface area contributed by atoms with Gasteiger partial charge in [0.25, 0.3) is 0 Å². The monoisotopic (exact) mass is 377 g/mol. The van der Waals surface area contributed by atoms with Crippen molar-refractivity contribution in [2.45, 2.75) is 26.6 Å². The van der Waals surface area contributed by atoms with Gasteiger partial charge in [-0.3, -0.25) is 20.6 Å². The lowest BCUT2D eigenvalue weighted by molar-refractivity contribution is 0.159. The van der Waals surface area contributed by atoms with Crippen LogP contribution in [0.25, 0.3) is 0 Å². The number of nitrogens with zero attached hydrogens (tertiary/aromatic N) is 3. The molecular weight excluding hydrogens is 350 g/mol. The van der Waals surface area contributed by atoms with Crippen LogP contribution in [0, 0.1) is 0 Å². The highest BCUT2D eigenvalue weighted by Gasteiger charge is 2.24. The number of methoxy groups -OCH3 is 2. The Morgan fingerprint density at radius 2 is 1.89 bits per heavy atom. The molecule has 0 fully saturated rings. The fourth-order valence-corrected chi connectivity index (χ4v) is 2.77. The SMILES string of the molecule is CCOC(=O)N(CC)c1c(OC)cc(CC2=CN(N)C(N)N=C2)cc1OC. The van der Waals surface area contributed by atoms with Gasteiger partial charge in [0.2, 0.25) is 0 Å². The first-order valence-corrected chi connectivity index (χ1v) is 8.66. The van der Waals surface area contributed by atoms with E-state index in [1.165, 1.54) is 9.91 Å². The molecule has 9 nitrogen and oxygen atoms in total. The average Bonchev–Trinajstić information content (AvgIpc) is 2.66. The Bertz CT molecular complexity index is 709. The first kappa shape index (κ1) is 20.5.